The van der Waals surface area contributed by atoms with E-state index in [4.69, 9.17) is 0 Å². The van der Waals surface area contributed by atoms with Crippen LogP contribution in [0.25, 0.3) is 0 Å². The maximum atomic E-state index is 12.9. The summed E-state index contributed by atoms with van der Waals surface area (Å²) in [7, 11) is 0. The summed E-state index contributed by atoms with van der Waals surface area (Å²) in [6, 6.07) is 0. The SMILES string of the molecule is CC1CC(O)(CC2CCC(F)(F)C2)C1. The van der Waals surface area contributed by atoms with Gasteiger partial charge >= 0.3 is 0 Å². The number of hydrogen-bond donors (Lipinski definition) is 1. The minimum atomic E-state index is -2.46. The molecule has 0 amide bonds. The summed E-state index contributed by atoms with van der Waals surface area (Å²) >= 11 is 0. The van der Waals surface area contributed by atoms with Crippen LogP contribution < -0.4 is 0 Å². The Bertz CT molecular complexity index is 221. The Morgan fingerprint density at radius 1 is 1.29 bits per heavy atom. The zero-order chi connectivity index (χ0) is 10.4. The molecule has 2 aliphatic carbocycles. The van der Waals surface area contributed by atoms with Gasteiger partial charge in [-0.05, 0) is 37.5 Å². The highest BCUT2D eigenvalue weighted by atomic mass is 19.3. The summed E-state index contributed by atoms with van der Waals surface area (Å²) in [4.78, 5) is 0. The smallest absolute Gasteiger partial charge is 0.248 e. The average Bonchev–Trinajstić information content (AvgIpc) is 2.26. The molecule has 14 heavy (non-hydrogen) atoms. The molecule has 0 spiro atoms. The van der Waals surface area contributed by atoms with Gasteiger partial charge in [-0.25, -0.2) is 8.78 Å². The van der Waals surface area contributed by atoms with E-state index in [2.05, 4.69) is 6.92 Å². The Labute approximate surface area is 83.5 Å². The van der Waals surface area contributed by atoms with Crippen molar-refractivity contribution in [2.24, 2.45) is 11.8 Å². The maximum absolute atomic E-state index is 12.9. The lowest BCUT2D eigenvalue weighted by Crippen LogP contribution is -2.43. The van der Waals surface area contributed by atoms with Gasteiger partial charge in [-0.2, -0.15) is 0 Å². The molecule has 0 saturated heterocycles. The summed E-state index contributed by atoms with van der Waals surface area (Å²) in [5, 5.41) is 9.97. The first-order chi connectivity index (χ1) is 6.39. The normalized spacial score (nSPS) is 46.3. The first-order valence-corrected chi connectivity index (χ1v) is 5.49. The number of alkyl halides is 2. The summed E-state index contributed by atoms with van der Waals surface area (Å²) in [5.74, 6) is -1.85. The van der Waals surface area contributed by atoms with E-state index in [1.807, 2.05) is 0 Å². The molecule has 0 aromatic heterocycles. The van der Waals surface area contributed by atoms with Crippen molar-refractivity contribution in [3.05, 3.63) is 0 Å². The molecule has 2 fully saturated rings. The molecule has 0 aromatic carbocycles. The second-order valence-corrected chi connectivity index (χ2v) is 5.41. The number of aliphatic hydroxyl groups is 1. The van der Waals surface area contributed by atoms with E-state index in [-0.39, 0.29) is 18.8 Å². The van der Waals surface area contributed by atoms with Crippen molar-refractivity contribution < 1.29 is 13.9 Å². The predicted molar refractivity (Wildman–Crippen MR) is 50.3 cm³/mol. The highest BCUT2D eigenvalue weighted by molar-refractivity contribution is 4.96. The largest absolute Gasteiger partial charge is 0.390 e. The van der Waals surface area contributed by atoms with Gasteiger partial charge in [0.05, 0.1) is 5.60 Å². The minimum absolute atomic E-state index is 0.0102. The zero-order valence-electron chi connectivity index (χ0n) is 8.60. The van der Waals surface area contributed by atoms with Crippen LogP contribution in [-0.2, 0) is 0 Å². The topological polar surface area (TPSA) is 20.2 Å². The first-order valence-electron chi connectivity index (χ1n) is 5.49. The van der Waals surface area contributed by atoms with Gasteiger partial charge in [-0.15, -0.1) is 0 Å². The lowest BCUT2D eigenvalue weighted by Gasteiger charge is -2.43. The van der Waals surface area contributed by atoms with E-state index in [0.717, 1.165) is 12.8 Å². The Kier molecular flexibility index (Phi) is 2.33. The van der Waals surface area contributed by atoms with Gasteiger partial charge in [0, 0.05) is 12.8 Å². The molecule has 1 N–H and O–H groups in total. The Morgan fingerprint density at radius 3 is 2.36 bits per heavy atom. The Hall–Kier alpha value is -0.180. The van der Waals surface area contributed by atoms with Crippen molar-refractivity contribution in [1.82, 2.24) is 0 Å². The predicted octanol–water partition coefficient (Wildman–Crippen LogP) is 2.97. The summed E-state index contributed by atoms with van der Waals surface area (Å²) in [6.07, 6.45) is 2.79. The first kappa shape index (κ1) is 10.3. The molecule has 1 atom stereocenters. The second kappa shape index (κ2) is 3.16. The molecule has 82 valence electrons. The van der Waals surface area contributed by atoms with Gasteiger partial charge < -0.3 is 5.11 Å². The van der Waals surface area contributed by atoms with E-state index >= 15 is 0 Å². The maximum Gasteiger partial charge on any atom is 0.248 e. The number of hydrogen-bond acceptors (Lipinski definition) is 1. The van der Waals surface area contributed by atoms with Gasteiger partial charge in [0.25, 0.3) is 0 Å². The zero-order valence-corrected chi connectivity index (χ0v) is 8.60. The molecule has 0 aromatic rings. The van der Waals surface area contributed by atoms with Crippen LogP contribution in [0.4, 0.5) is 8.78 Å². The number of rotatable bonds is 2. The van der Waals surface area contributed by atoms with Gasteiger partial charge in [0.2, 0.25) is 5.92 Å². The van der Waals surface area contributed by atoms with Crippen molar-refractivity contribution in [2.75, 3.05) is 0 Å². The third kappa shape index (κ3) is 2.08. The summed E-state index contributed by atoms with van der Waals surface area (Å²) < 4.78 is 25.8. The Balaban J connectivity index is 1.82. The van der Waals surface area contributed by atoms with Gasteiger partial charge in [-0.3, -0.25) is 0 Å². The van der Waals surface area contributed by atoms with Crippen molar-refractivity contribution in [2.45, 2.75) is 57.0 Å². The molecular weight excluding hydrogens is 186 g/mol. The third-order valence-corrected chi connectivity index (χ3v) is 3.63. The van der Waals surface area contributed by atoms with E-state index in [0.29, 0.717) is 18.8 Å². The fourth-order valence-electron chi connectivity index (χ4n) is 3.16. The van der Waals surface area contributed by atoms with Gasteiger partial charge in [-0.1, -0.05) is 6.92 Å². The molecule has 2 rings (SSSR count). The van der Waals surface area contributed by atoms with Crippen molar-refractivity contribution in [1.29, 1.82) is 0 Å². The lowest BCUT2D eigenvalue weighted by atomic mass is 9.68. The highest BCUT2D eigenvalue weighted by Gasteiger charge is 2.46. The van der Waals surface area contributed by atoms with Crippen LogP contribution in [0.2, 0.25) is 0 Å². The molecule has 0 aliphatic heterocycles. The quantitative estimate of drug-likeness (QED) is 0.733. The van der Waals surface area contributed by atoms with Crippen LogP contribution >= 0.6 is 0 Å². The molecule has 2 saturated carbocycles. The lowest BCUT2D eigenvalue weighted by molar-refractivity contribution is -0.0867. The molecule has 0 radical (unpaired) electrons. The molecule has 1 unspecified atom stereocenters. The minimum Gasteiger partial charge on any atom is -0.390 e. The van der Waals surface area contributed by atoms with Crippen molar-refractivity contribution in [3.63, 3.8) is 0 Å². The summed E-state index contributed by atoms with van der Waals surface area (Å²) in [5.41, 5.74) is -0.607. The molecule has 0 heterocycles. The third-order valence-electron chi connectivity index (χ3n) is 3.63. The fourth-order valence-corrected chi connectivity index (χ4v) is 3.16. The van der Waals surface area contributed by atoms with Crippen LogP contribution in [0.1, 0.15) is 45.4 Å². The van der Waals surface area contributed by atoms with E-state index < -0.39 is 11.5 Å². The molecule has 2 aliphatic rings. The molecular formula is C11H18F2O. The standard InChI is InChI=1S/C11H18F2O/c1-8-4-10(14,5-8)6-9-2-3-11(12,13)7-9/h8-9,14H,2-7H2,1H3. The molecule has 0 bridgehead atoms. The average molecular weight is 204 g/mol. The van der Waals surface area contributed by atoms with Crippen LogP contribution in [0.3, 0.4) is 0 Å². The summed E-state index contributed by atoms with van der Waals surface area (Å²) in [6.45, 7) is 2.09. The van der Waals surface area contributed by atoms with E-state index in [1.165, 1.54) is 0 Å². The monoisotopic (exact) mass is 204 g/mol. The second-order valence-electron chi connectivity index (χ2n) is 5.41. The van der Waals surface area contributed by atoms with Crippen LogP contribution in [0.15, 0.2) is 0 Å². The fraction of sp³-hybridized carbons (Fsp3) is 1.00. The van der Waals surface area contributed by atoms with Crippen LogP contribution in [-0.4, -0.2) is 16.6 Å². The van der Waals surface area contributed by atoms with E-state index in [9.17, 15) is 13.9 Å². The molecule has 1 nitrogen and oxygen atoms in total. The number of halogens is 2. The van der Waals surface area contributed by atoms with Crippen molar-refractivity contribution >= 4 is 0 Å². The van der Waals surface area contributed by atoms with E-state index in [1.54, 1.807) is 0 Å². The highest BCUT2D eigenvalue weighted by Crippen LogP contribution is 2.48. The van der Waals surface area contributed by atoms with Crippen LogP contribution in [0.5, 0.6) is 0 Å². The van der Waals surface area contributed by atoms with Gasteiger partial charge in [0.1, 0.15) is 0 Å². The molecule has 3 heteroatoms. The van der Waals surface area contributed by atoms with Crippen molar-refractivity contribution in [3.8, 4) is 0 Å². The Morgan fingerprint density at radius 2 is 1.93 bits per heavy atom. The van der Waals surface area contributed by atoms with Gasteiger partial charge in [0.15, 0.2) is 0 Å². The van der Waals surface area contributed by atoms with Crippen LogP contribution in [0, 0.1) is 11.8 Å².